The molecule has 0 aromatic carbocycles. The third-order valence-electron chi connectivity index (χ3n) is 2.45. The third-order valence-corrected chi connectivity index (χ3v) is 3.81. The molecule has 0 saturated carbocycles. The van der Waals surface area contributed by atoms with E-state index in [4.69, 9.17) is 17.3 Å². The van der Waals surface area contributed by atoms with Gasteiger partial charge >= 0.3 is 0 Å². The normalized spacial score (nSPS) is 12.1. The minimum atomic E-state index is -0.217. The fraction of sp³-hybridized carbons (Fsp3) is 0.167. The lowest BCUT2D eigenvalue weighted by Gasteiger charge is -2.12. The number of nitrogens with two attached hydrogens (primary N) is 1. The number of rotatable bonds is 3. The van der Waals surface area contributed by atoms with Crippen LogP contribution in [0.3, 0.4) is 0 Å². The van der Waals surface area contributed by atoms with Crippen molar-refractivity contribution in [2.75, 3.05) is 5.73 Å². The Labute approximate surface area is 114 Å². The van der Waals surface area contributed by atoms with E-state index in [0.717, 1.165) is 4.88 Å². The average molecular weight is 282 g/mol. The van der Waals surface area contributed by atoms with Crippen molar-refractivity contribution in [3.05, 3.63) is 45.2 Å². The topological polar surface area (TPSA) is 68.0 Å². The average Bonchev–Trinajstić information content (AvgIpc) is 2.86. The van der Waals surface area contributed by atoms with Gasteiger partial charge < -0.3 is 11.1 Å². The zero-order valence-corrected chi connectivity index (χ0v) is 11.3. The Bertz CT molecular complexity index is 556. The van der Waals surface area contributed by atoms with Crippen LogP contribution in [-0.2, 0) is 0 Å². The summed E-state index contributed by atoms with van der Waals surface area (Å²) in [7, 11) is 0. The van der Waals surface area contributed by atoms with Crippen LogP contribution in [0, 0.1) is 0 Å². The first-order valence-corrected chi connectivity index (χ1v) is 6.59. The van der Waals surface area contributed by atoms with Crippen LogP contribution in [0.5, 0.6) is 0 Å². The second-order valence-corrected chi connectivity index (χ2v) is 5.19. The standard InChI is InChI=1S/C12H12ClN3OS/c1-7(10-3-2-4-18-10)16-12(17)8-5-9(13)11(14)15-6-8/h2-7H,1H3,(H2,14,15)(H,16,17). The van der Waals surface area contributed by atoms with Gasteiger partial charge in [-0.15, -0.1) is 11.3 Å². The quantitative estimate of drug-likeness (QED) is 0.909. The van der Waals surface area contributed by atoms with Crippen molar-refractivity contribution in [1.82, 2.24) is 10.3 Å². The summed E-state index contributed by atoms with van der Waals surface area (Å²) < 4.78 is 0. The van der Waals surface area contributed by atoms with Crippen LogP contribution in [0.2, 0.25) is 5.02 Å². The highest BCUT2D eigenvalue weighted by atomic mass is 35.5. The van der Waals surface area contributed by atoms with Crippen LogP contribution in [-0.4, -0.2) is 10.9 Å². The Morgan fingerprint density at radius 2 is 2.39 bits per heavy atom. The molecule has 0 bridgehead atoms. The van der Waals surface area contributed by atoms with Gasteiger partial charge in [0.25, 0.3) is 5.91 Å². The number of hydrogen-bond donors (Lipinski definition) is 2. The molecule has 0 fully saturated rings. The molecule has 94 valence electrons. The highest BCUT2D eigenvalue weighted by molar-refractivity contribution is 7.10. The molecule has 6 heteroatoms. The molecule has 0 spiro atoms. The Balaban J connectivity index is 2.10. The van der Waals surface area contributed by atoms with Crippen molar-refractivity contribution in [3.63, 3.8) is 0 Å². The van der Waals surface area contributed by atoms with Gasteiger partial charge in [0, 0.05) is 11.1 Å². The molecule has 3 N–H and O–H groups in total. The van der Waals surface area contributed by atoms with E-state index >= 15 is 0 Å². The largest absolute Gasteiger partial charge is 0.382 e. The van der Waals surface area contributed by atoms with E-state index < -0.39 is 0 Å². The minimum absolute atomic E-state index is 0.0474. The third kappa shape index (κ3) is 2.80. The van der Waals surface area contributed by atoms with E-state index in [-0.39, 0.29) is 22.8 Å². The van der Waals surface area contributed by atoms with Gasteiger partial charge in [-0.25, -0.2) is 4.98 Å². The van der Waals surface area contributed by atoms with E-state index in [0.29, 0.717) is 5.56 Å². The number of carbonyl (C=O) groups excluding carboxylic acids is 1. The van der Waals surface area contributed by atoms with Crippen molar-refractivity contribution < 1.29 is 4.79 Å². The predicted octanol–water partition coefficient (Wildman–Crippen LogP) is 2.87. The number of amides is 1. The molecular formula is C12H12ClN3OS. The van der Waals surface area contributed by atoms with E-state index in [2.05, 4.69) is 10.3 Å². The first-order valence-electron chi connectivity index (χ1n) is 5.33. The number of pyridine rings is 1. The summed E-state index contributed by atoms with van der Waals surface area (Å²) in [5, 5.41) is 5.13. The molecule has 2 rings (SSSR count). The molecule has 0 aliphatic rings. The van der Waals surface area contributed by atoms with Crippen LogP contribution < -0.4 is 11.1 Å². The minimum Gasteiger partial charge on any atom is -0.382 e. The lowest BCUT2D eigenvalue weighted by molar-refractivity contribution is 0.0940. The van der Waals surface area contributed by atoms with E-state index in [1.165, 1.54) is 12.3 Å². The van der Waals surface area contributed by atoms with E-state index in [9.17, 15) is 4.79 Å². The van der Waals surface area contributed by atoms with Crippen LogP contribution in [0.4, 0.5) is 5.82 Å². The molecule has 18 heavy (non-hydrogen) atoms. The molecule has 2 aromatic rings. The van der Waals surface area contributed by atoms with E-state index in [1.807, 2.05) is 24.4 Å². The number of anilines is 1. The molecular weight excluding hydrogens is 270 g/mol. The number of halogens is 1. The van der Waals surface area contributed by atoms with Crippen molar-refractivity contribution in [2.45, 2.75) is 13.0 Å². The summed E-state index contributed by atoms with van der Waals surface area (Å²) >= 11 is 7.43. The number of aromatic nitrogens is 1. The van der Waals surface area contributed by atoms with Crippen molar-refractivity contribution in [3.8, 4) is 0 Å². The van der Waals surface area contributed by atoms with Gasteiger partial charge in [0.15, 0.2) is 0 Å². The second kappa shape index (κ2) is 5.37. The van der Waals surface area contributed by atoms with Gasteiger partial charge in [-0.3, -0.25) is 4.79 Å². The summed E-state index contributed by atoms with van der Waals surface area (Å²) in [5.41, 5.74) is 5.89. The molecule has 2 aromatic heterocycles. The number of nitrogen functional groups attached to an aromatic ring is 1. The number of carbonyl (C=O) groups is 1. The molecule has 0 radical (unpaired) electrons. The maximum Gasteiger partial charge on any atom is 0.253 e. The lowest BCUT2D eigenvalue weighted by Crippen LogP contribution is -2.26. The summed E-state index contributed by atoms with van der Waals surface area (Å²) in [6, 6.07) is 5.39. The van der Waals surface area contributed by atoms with Gasteiger partial charge in [-0.1, -0.05) is 17.7 Å². The summed E-state index contributed by atoms with van der Waals surface area (Å²) in [4.78, 5) is 16.9. The Morgan fingerprint density at radius 1 is 1.61 bits per heavy atom. The first kappa shape index (κ1) is 12.9. The van der Waals surface area contributed by atoms with Gasteiger partial charge in [0.05, 0.1) is 16.6 Å². The van der Waals surface area contributed by atoms with Crippen molar-refractivity contribution in [2.24, 2.45) is 0 Å². The zero-order chi connectivity index (χ0) is 13.1. The van der Waals surface area contributed by atoms with Crippen LogP contribution >= 0.6 is 22.9 Å². The van der Waals surface area contributed by atoms with Gasteiger partial charge in [-0.05, 0) is 24.4 Å². The Morgan fingerprint density at radius 3 is 3.00 bits per heavy atom. The first-order chi connectivity index (χ1) is 8.58. The van der Waals surface area contributed by atoms with Crippen LogP contribution in [0.15, 0.2) is 29.8 Å². The molecule has 4 nitrogen and oxygen atoms in total. The predicted molar refractivity (Wildman–Crippen MR) is 73.9 cm³/mol. The summed E-state index contributed by atoms with van der Waals surface area (Å²) in [5.74, 6) is 0.00446. The highest BCUT2D eigenvalue weighted by Crippen LogP contribution is 2.20. The molecule has 1 unspecified atom stereocenters. The molecule has 1 amide bonds. The number of thiophene rings is 1. The lowest BCUT2D eigenvalue weighted by atomic mass is 10.2. The van der Waals surface area contributed by atoms with E-state index in [1.54, 1.807) is 11.3 Å². The maximum atomic E-state index is 12.0. The number of nitrogens with zero attached hydrogens (tertiary/aromatic N) is 1. The van der Waals surface area contributed by atoms with Gasteiger partial charge in [0.2, 0.25) is 0 Å². The van der Waals surface area contributed by atoms with Crippen LogP contribution in [0.1, 0.15) is 28.2 Å². The fourth-order valence-corrected chi connectivity index (χ4v) is 2.36. The zero-order valence-electron chi connectivity index (χ0n) is 9.68. The number of hydrogen-bond acceptors (Lipinski definition) is 4. The smallest absolute Gasteiger partial charge is 0.253 e. The maximum absolute atomic E-state index is 12.0. The van der Waals surface area contributed by atoms with Crippen LogP contribution in [0.25, 0.3) is 0 Å². The summed E-state index contributed by atoms with van der Waals surface area (Å²) in [6.07, 6.45) is 1.41. The highest BCUT2D eigenvalue weighted by Gasteiger charge is 2.13. The fourth-order valence-electron chi connectivity index (χ4n) is 1.46. The molecule has 2 heterocycles. The Hall–Kier alpha value is -1.59. The van der Waals surface area contributed by atoms with Crippen molar-refractivity contribution >= 4 is 34.7 Å². The second-order valence-electron chi connectivity index (χ2n) is 3.80. The SMILES string of the molecule is CC(NC(=O)c1cnc(N)c(Cl)c1)c1cccs1. The molecule has 0 aliphatic carbocycles. The van der Waals surface area contributed by atoms with Gasteiger partial charge in [-0.2, -0.15) is 0 Å². The summed E-state index contributed by atoms with van der Waals surface area (Å²) in [6.45, 7) is 1.93. The van der Waals surface area contributed by atoms with Gasteiger partial charge in [0.1, 0.15) is 5.82 Å². The molecule has 1 atom stereocenters. The molecule has 0 saturated heterocycles. The Kier molecular flexibility index (Phi) is 3.84. The monoisotopic (exact) mass is 281 g/mol. The van der Waals surface area contributed by atoms with Crippen molar-refractivity contribution in [1.29, 1.82) is 0 Å². The number of nitrogens with one attached hydrogen (secondary N) is 1. The molecule has 0 aliphatic heterocycles.